The number of carbonyl (C=O) groups is 2. The summed E-state index contributed by atoms with van der Waals surface area (Å²) in [6.45, 7) is 3.53. The summed E-state index contributed by atoms with van der Waals surface area (Å²) in [5.41, 5.74) is 1.06. The molecule has 26 heavy (non-hydrogen) atoms. The topological polar surface area (TPSA) is 63.2 Å². The largest absolute Gasteiger partial charge is 0.274 e. The summed E-state index contributed by atoms with van der Waals surface area (Å²) < 4.78 is 13.5. The molecule has 2 aromatic rings. The fourth-order valence-electron chi connectivity index (χ4n) is 2.33. The molecule has 0 fully saturated rings. The number of pyridine rings is 1. The molecular formula is C17H20FN3O2S3. The summed E-state index contributed by atoms with van der Waals surface area (Å²) in [7, 11) is 0. The number of halogens is 1. The first-order valence-electron chi connectivity index (χ1n) is 7.94. The molecule has 0 aliphatic rings. The molecule has 2 aromatic heterocycles. The van der Waals surface area contributed by atoms with Crippen LogP contribution in [0.15, 0.2) is 18.5 Å². The second-order valence-corrected chi connectivity index (χ2v) is 8.03. The lowest BCUT2D eigenvalue weighted by Gasteiger charge is -2.22. The number of thiol groups is 1. The highest BCUT2D eigenvalue weighted by Gasteiger charge is 2.30. The number of aryl methyl sites for hydroxylation is 1. The third-order valence-electron chi connectivity index (χ3n) is 3.56. The van der Waals surface area contributed by atoms with E-state index in [4.69, 9.17) is 0 Å². The lowest BCUT2D eigenvalue weighted by Crippen LogP contribution is -2.41. The minimum absolute atomic E-state index is 0.148. The highest BCUT2D eigenvalue weighted by molar-refractivity contribution is 7.98. The number of thiazole rings is 1. The van der Waals surface area contributed by atoms with E-state index in [0.717, 1.165) is 6.20 Å². The number of imide groups is 1. The standard InChI is InChI=1S/C17H20FN3O2S3/c1-10(9-25-3)16(23)21(14(22)4-5-24)17-11(2)20-15(26-17)12-6-13(18)8-19-7-12/h6-8,10,24H,4-5,9H2,1-3H3. The van der Waals surface area contributed by atoms with E-state index in [1.54, 1.807) is 25.6 Å². The lowest BCUT2D eigenvalue weighted by molar-refractivity contribution is -0.127. The van der Waals surface area contributed by atoms with E-state index in [2.05, 4.69) is 22.6 Å². The van der Waals surface area contributed by atoms with Crippen molar-refractivity contribution in [3.05, 3.63) is 30.0 Å². The van der Waals surface area contributed by atoms with Crippen LogP contribution in [0.3, 0.4) is 0 Å². The Kier molecular flexibility index (Phi) is 7.60. The van der Waals surface area contributed by atoms with Gasteiger partial charge in [-0.15, -0.1) is 0 Å². The molecule has 0 saturated carbocycles. The Balaban J connectivity index is 2.44. The molecule has 140 valence electrons. The summed E-state index contributed by atoms with van der Waals surface area (Å²) >= 11 is 6.83. The van der Waals surface area contributed by atoms with E-state index in [9.17, 15) is 14.0 Å². The number of thioether (sulfide) groups is 1. The quantitative estimate of drug-likeness (QED) is 0.699. The fraction of sp³-hybridized carbons (Fsp3) is 0.412. The van der Waals surface area contributed by atoms with Crippen LogP contribution in [0.2, 0.25) is 0 Å². The van der Waals surface area contributed by atoms with Crippen LogP contribution < -0.4 is 4.90 Å². The summed E-state index contributed by atoms with van der Waals surface area (Å²) in [5, 5.41) is 0.979. The van der Waals surface area contributed by atoms with Gasteiger partial charge < -0.3 is 0 Å². The summed E-state index contributed by atoms with van der Waals surface area (Å²) in [6.07, 6.45) is 4.68. The Morgan fingerprint density at radius 3 is 2.77 bits per heavy atom. The van der Waals surface area contributed by atoms with Crippen molar-refractivity contribution in [3.8, 4) is 10.6 Å². The van der Waals surface area contributed by atoms with Crippen molar-refractivity contribution in [2.24, 2.45) is 5.92 Å². The molecule has 0 aliphatic heterocycles. The van der Waals surface area contributed by atoms with E-state index in [0.29, 0.717) is 32.8 Å². The fourth-order valence-corrected chi connectivity index (χ4v) is 4.24. The van der Waals surface area contributed by atoms with Gasteiger partial charge in [0.2, 0.25) is 11.8 Å². The SMILES string of the molecule is CSCC(C)C(=O)N(C(=O)CCS)c1sc(-c2cncc(F)c2)nc1C. The zero-order valence-corrected chi connectivity index (χ0v) is 17.3. The van der Waals surface area contributed by atoms with Gasteiger partial charge >= 0.3 is 0 Å². The normalized spacial score (nSPS) is 12.0. The van der Waals surface area contributed by atoms with Gasteiger partial charge in [-0.2, -0.15) is 24.4 Å². The van der Waals surface area contributed by atoms with Crippen molar-refractivity contribution in [2.45, 2.75) is 20.3 Å². The Hall–Kier alpha value is -1.45. The van der Waals surface area contributed by atoms with Gasteiger partial charge in [-0.3, -0.25) is 14.6 Å². The maximum atomic E-state index is 13.5. The van der Waals surface area contributed by atoms with E-state index in [-0.39, 0.29) is 24.2 Å². The van der Waals surface area contributed by atoms with Gasteiger partial charge in [0.15, 0.2) is 0 Å². The number of amides is 2. The minimum atomic E-state index is -0.468. The van der Waals surface area contributed by atoms with Crippen LogP contribution in [0, 0.1) is 18.7 Å². The number of nitrogens with zero attached hydrogens (tertiary/aromatic N) is 3. The molecule has 2 amide bonds. The lowest BCUT2D eigenvalue weighted by atomic mass is 10.2. The molecule has 0 radical (unpaired) electrons. The maximum Gasteiger partial charge on any atom is 0.238 e. The van der Waals surface area contributed by atoms with Crippen molar-refractivity contribution in [1.29, 1.82) is 0 Å². The smallest absolute Gasteiger partial charge is 0.238 e. The average Bonchev–Trinajstić information content (AvgIpc) is 2.97. The molecule has 2 rings (SSSR count). The summed E-state index contributed by atoms with van der Waals surface area (Å²) in [4.78, 5) is 34.9. The van der Waals surface area contributed by atoms with Gasteiger partial charge in [0, 0.05) is 29.9 Å². The maximum absolute atomic E-state index is 13.5. The molecule has 2 heterocycles. The minimum Gasteiger partial charge on any atom is -0.274 e. The van der Waals surface area contributed by atoms with Gasteiger partial charge in [0.05, 0.1) is 11.9 Å². The number of carbonyl (C=O) groups excluding carboxylic acids is 2. The van der Waals surface area contributed by atoms with Gasteiger partial charge in [0.1, 0.15) is 15.8 Å². The zero-order valence-electron chi connectivity index (χ0n) is 14.7. The van der Waals surface area contributed by atoms with Crippen LogP contribution >= 0.6 is 35.7 Å². The van der Waals surface area contributed by atoms with E-state index in [1.807, 2.05) is 6.26 Å². The second-order valence-electron chi connectivity index (χ2n) is 5.70. The number of anilines is 1. The Labute approximate surface area is 165 Å². The molecule has 5 nitrogen and oxygen atoms in total. The van der Waals surface area contributed by atoms with Crippen molar-refractivity contribution < 1.29 is 14.0 Å². The molecular weight excluding hydrogens is 393 g/mol. The third kappa shape index (κ3) is 4.83. The van der Waals surface area contributed by atoms with Crippen LogP contribution in [0.4, 0.5) is 9.39 Å². The molecule has 9 heteroatoms. The molecule has 0 spiro atoms. The van der Waals surface area contributed by atoms with Crippen LogP contribution in [0.5, 0.6) is 0 Å². The van der Waals surface area contributed by atoms with Gasteiger partial charge in [-0.05, 0) is 25.0 Å². The van der Waals surface area contributed by atoms with E-state index < -0.39 is 5.82 Å². The van der Waals surface area contributed by atoms with Gasteiger partial charge in [-0.1, -0.05) is 18.3 Å². The molecule has 0 aromatic carbocycles. The monoisotopic (exact) mass is 413 g/mol. The predicted octanol–water partition coefficient (Wildman–Crippen LogP) is 3.83. The number of hydrogen-bond acceptors (Lipinski definition) is 7. The van der Waals surface area contributed by atoms with Gasteiger partial charge in [-0.25, -0.2) is 14.3 Å². The highest BCUT2D eigenvalue weighted by Crippen LogP contribution is 2.35. The van der Waals surface area contributed by atoms with E-state index in [1.165, 1.54) is 28.5 Å². The highest BCUT2D eigenvalue weighted by atomic mass is 32.2. The van der Waals surface area contributed by atoms with Gasteiger partial charge in [0.25, 0.3) is 0 Å². The number of rotatable bonds is 7. The molecule has 1 unspecified atom stereocenters. The Bertz CT molecular complexity index is 797. The van der Waals surface area contributed by atoms with Crippen LogP contribution in [-0.2, 0) is 9.59 Å². The van der Waals surface area contributed by atoms with Crippen molar-refractivity contribution >= 4 is 52.5 Å². The van der Waals surface area contributed by atoms with E-state index >= 15 is 0 Å². The van der Waals surface area contributed by atoms with Crippen molar-refractivity contribution in [3.63, 3.8) is 0 Å². The van der Waals surface area contributed by atoms with Crippen LogP contribution in [0.25, 0.3) is 10.6 Å². The Morgan fingerprint density at radius 2 is 2.15 bits per heavy atom. The van der Waals surface area contributed by atoms with Crippen molar-refractivity contribution in [2.75, 3.05) is 22.7 Å². The third-order valence-corrected chi connectivity index (χ3v) is 5.81. The summed E-state index contributed by atoms with van der Waals surface area (Å²) in [6, 6.07) is 1.33. The molecule has 1 atom stereocenters. The predicted molar refractivity (Wildman–Crippen MR) is 109 cm³/mol. The molecule has 0 aliphatic carbocycles. The second kappa shape index (κ2) is 9.48. The first kappa shape index (κ1) is 20.9. The molecule has 0 bridgehead atoms. The first-order valence-corrected chi connectivity index (χ1v) is 10.8. The molecule has 0 N–H and O–H groups in total. The number of aromatic nitrogens is 2. The van der Waals surface area contributed by atoms with Crippen LogP contribution in [0.1, 0.15) is 19.0 Å². The number of hydrogen-bond donors (Lipinski definition) is 1. The van der Waals surface area contributed by atoms with Crippen LogP contribution in [-0.4, -0.2) is 39.5 Å². The van der Waals surface area contributed by atoms with Crippen molar-refractivity contribution in [1.82, 2.24) is 9.97 Å². The zero-order chi connectivity index (χ0) is 19.3. The average molecular weight is 414 g/mol. The summed E-state index contributed by atoms with van der Waals surface area (Å²) in [5.74, 6) is -0.394. The molecule has 0 saturated heterocycles. The Morgan fingerprint density at radius 1 is 1.42 bits per heavy atom. The first-order chi connectivity index (χ1) is 12.4.